The van der Waals surface area contributed by atoms with Crippen LogP contribution in [0.4, 0.5) is 0 Å². The molecule has 0 spiro atoms. The predicted molar refractivity (Wildman–Crippen MR) is 37.2 cm³/mol. The molecule has 0 saturated carbocycles. The van der Waals surface area contributed by atoms with Gasteiger partial charge in [0.1, 0.15) is 20.8 Å². The van der Waals surface area contributed by atoms with Crippen LogP contribution in [0.2, 0.25) is 0 Å². The fourth-order valence-electron chi connectivity index (χ4n) is 0.221. The molecule has 0 aromatic carbocycles. The minimum atomic E-state index is -3.83. The maximum Gasteiger partial charge on any atom is 0.431 e. The van der Waals surface area contributed by atoms with Crippen LogP contribution in [0, 0.1) is 0 Å². The molecule has 0 fully saturated rings. The SMILES string of the molecule is O=S(=O)(ON[SiH3])ON[SiH3]. The van der Waals surface area contributed by atoms with Crippen molar-refractivity contribution in [1.82, 2.24) is 10.3 Å². The van der Waals surface area contributed by atoms with Crippen LogP contribution in [-0.4, -0.2) is 29.2 Å². The normalized spacial score (nSPS) is 12.4. The fraction of sp³-hybridized carbons (Fsp3) is 0. The quantitative estimate of drug-likeness (QED) is 0.344. The van der Waals surface area contributed by atoms with Gasteiger partial charge in [-0.05, 0) is 0 Å². The molecule has 0 rings (SSSR count). The van der Waals surface area contributed by atoms with Gasteiger partial charge in [0.05, 0.1) is 0 Å². The maximum absolute atomic E-state index is 10.3. The minimum absolute atomic E-state index is 0.429. The van der Waals surface area contributed by atoms with Crippen molar-refractivity contribution in [2.75, 3.05) is 0 Å². The Hall–Kier alpha value is 0.224. The summed E-state index contributed by atoms with van der Waals surface area (Å²) in [5.74, 6) is 0. The second-order valence-corrected chi connectivity index (χ2v) is 2.95. The van der Waals surface area contributed by atoms with E-state index in [0.717, 1.165) is 0 Å². The van der Waals surface area contributed by atoms with Crippen molar-refractivity contribution in [3.63, 3.8) is 0 Å². The molecule has 9 heteroatoms. The first-order valence-electron chi connectivity index (χ1n) is 2.07. The first kappa shape index (κ1) is 9.22. The van der Waals surface area contributed by atoms with Gasteiger partial charge in [0.25, 0.3) is 0 Å². The fourth-order valence-corrected chi connectivity index (χ4v) is 1.89. The van der Waals surface area contributed by atoms with E-state index in [4.69, 9.17) is 0 Å². The molecule has 0 bridgehead atoms. The number of rotatable bonds is 4. The third-order valence-corrected chi connectivity index (χ3v) is 2.11. The molecule has 0 aromatic rings. The lowest BCUT2D eigenvalue weighted by Gasteiger charge is -1.99. The van der Waals surface area contributed by atoms with Crippen LogP contribution in [0.5, 0.6) is 0 Å². The van der Waals surface area contributed by atoms with Gasteiger partial charge in [-0.15, -0.1) is 0 Å². The van der Waals surface area contributed by atoms with E-state index in [9.17, 15) is 8.42 Å². The summed E-state index contributed by atoms with van der Waals surface area (Å²) in [4.78, 5) is 0. The lowest BCUT2D eigenvalue weighted by atomic mass is 13.5. The Balaban J connectivity index is 3.73. The minimum Gasteiger partial charge on any atom is -0.218 e. The van der Waals surface area contributed by atoms with Crippen molar-refractivity contribution in [3.05, 3.63) is 0 Å². The zero-order valence-corrected chi connectivity index (χ0v) is 9.86. The Labute approximate surface area is 59.2 Å². The molecule has 0 amide bonds. The van der Waals surface area contributed by atoms with Crippen molar-refractivity contribution in [2.24, 2.45) is 0 Å². The highest BCUT2D eigenvalue weighted by molar-refractivity contribution is 7.81. The molecule has 0 unspecified atom stereocenters. The Kier molecular flexibility index (Phi) is 4.21. The molecule has 0 atom stereocenters. The summed E-state index contributed by atoms with van der Waals surface area (Å²) in [6.07, 6.45) is 0. The average Bonchev–Trinajstić information content (AvgIpc) is 1.64. The standard InChI is InChI=1S/H8N2O4SSi2/c3-7(4,5-1-8)6-2-9/h1-2H,8-9H3. The van der Waals surface area contributed by atoms with Gasteiger partial charge in [0.15, 0.2) is 0 Å². The summed E-state index contributed by atoms with van der Waals surface area (Å²) in [6, 6.07) is 0. The molecule has 0 saturated heterocycles. The van der Waals surface area contributed by atoms with Crippen LogP contribution in [0.1, 0.15) is 0 Å². The van der Waals surface area contributed by atoms with Crippen LogP contribution >= 0.6 is 0 Å². The van der Waals surface area contributed by atoms with E-state index in [2.05, 4.69) is 18.9 Å². The van der Waals surface area contributed by atoms with E-state index in [1.165, 1.54) is 0 Å². The summed E-state index contributed by atoms with van der Waals surface area (Å²) in [5, 5.41) is 4.19. The Morgan fingerprint density at radius 1 is 1.11 bits per heavy atom. The van der Waals surface area contributed by atoms with Gasteiger partial charge in [-0.1, -0.05) is 0 Å². The summed E-state index contributed by atoms with van der Waals surface area (Å²) in [5.41, 5.74) is 0. The summed E-state index contributed by atoms with van der Waals surface area (Å²) in [6.45, 7) is 0. The molecule has 2 N–H and O–H groups in total. The molecular weight excluding hydrogens is 180 g/mol. The summed E-state index contributed by atoms with van der Waals surface area (Å²) >= 11 is 0. The van der Waals surface area contributed by atoms with Crippen molar-refractivity contribution in [3.8, 4) is 0 Å². The third kappa shape index (κ3) is 4.71. The van der Waals surface area contributed by atoms with Crippen molar-refractivity contribution in [1.29, 1.82) is 0 Å². The Bertz CT molecular complexity index is 140. The van der Waals surface area contributed by atoms with Crippen LogP contribution < -0.4 is 10.3 Å². The van der Waals surface area contributed by atoms with Crippen LogP contribution in [0.3, 0.4) is 0 Å². The van der Waals surface area contributed by atoms with Gasteiger partial charge in [0, 0.05) is 0 Å². The van der Waals surface area contributed by atoms with Gasteiger partial charge in [-0.3, -0.25) is 0 Å². The topological polar surface area (TPSA) is 76.7 Å². The van der Waals surface area contributed by atoms with Gasteiger partial charge in [-0.25, -0.2) is 10.3 Å². The molecule has 56 valence electrons. The lowest BCUT2D eigenvalue weighted by molar-refractivity contribution is 0.175. The molecule has 0 radical (unpaired) electrons. The van der Waals surface area contributed by atoms with Gasteiger partial charge in [0.2, 0.25) is 0 Å². The van der Waals surface area contributed by atoms with E-state index in [0.29, 0.717) is 20.8 Å². The first-order chi connectivity index (χ1) is 4.12. The molecule has 9 heavy (non-hydrogen) atoms. The van der Waals surface area contributed by atoms with Crippen LogP contribution in [0.15, 0.2) is 0 Å². The predicted octanol–water partition coefficient (Wildman–Crippen LogP) is -4.17. The third-order valence-electron chi connectivity index (χ3n) is 0.371. The average molecular weight is 188 g/mol. The van der Waals surface area contributed by atoms with Crippen LogP contribution in [0.25, 0.3) is 0 Å². The molecule has 0 aliphatic rings. The van der Waals surface area contributed by atoms with E-state index in [1.54, 1.807) is 0 Å². The molecule has 0 aromatic heterocycles. The van der Waals surface area contributed by atoms with E-state index >= 15 is 0 Å². The highest BCUT2D eigenvalue weighted by atomic mass is 32.3. The largest absolute Gasteiger partial charge is 0.431 e. The van der Waals surface area contributed by atoms with Crippen molar-refractivity contribution < 1.29 is 17.0 Å². The highest BCUT2D eigenvalue weighted by Gasteiger charge is 2.08. The van der Waals surface area contributed by atoms with E-state index in [-0.39, 0.29) is 0 Å². The van der Waals surface area contributed by atoms with Crippen molar-refractivity contribution in [2.45, 2.75) is 0 Å². The smallest absolute Gasteiger partial charge is 0.218 e. The second-order valence-electron chi connectivity index (χ2n) is 0.983. The number of hydrogen-bond donors (Lipinski definition) is 2. The van der Waals surface area contributed by atoms with E-state index < -0.39 is 10.4 Å². The van der Waals surface area contributed by atoms with Gasteiger partial charge in [-0.2, -0.15) is 17.0 Å². The van der Waals surface area contributed by atoms with Crippen LogP contribution in [-0.2, 0) is 19.0 Å². The van der Waals surface area contributed by atoms with Gasteiger partial charge >= 0.3 is 10.4 Å². The maximum atomic E-state index is 10.3. The monoisotopic (exact) mass is 188 g/mol. The molecular formula is H8N2O4SSi2. The summed E-state index contributed by atoms with van der Waals surface area (Å²) in [7, 11) is -2.98. The van der Waals surface area contributed by atoms with E-state index in [1.807, 2.05) is 0 Å². The second kappa shape index (κ2) is 4.11. The number of hydrogen-bond acceptors (Lipinski definition) is 6. The van der Waals surface area contributed by atoms with Gasteiger partial charge < -0.3 is 0 Å². The Morgan fingerprint density at radius 3 is 1.67 bits per heavy atom. The highest BCUT2D eigenvalue weighted by Crippen LogP contribution is 1.85. The van der Waals surface area contributed by atoms with Crippen molar-refractivity contribution >= 4 is 31.2 Å². The zero-order chi connectivity index (χ0) is 7.33. The first-order valence-corrected chi connectivity index (χ1v) is 5.41. The Morgan fingerprint density at radius 2 is 1.44 bits per heavy atom. The zero-order valence-electron chi connectivity index (χ0n) is 5.04. The lowest BCUT2D eigenvalue weighted by Crippen LogP contribution is -2.24. The number of nitrogens with one attached hydrogen (secondary N) is 2. The summed E-state index contributed by atoms with van der Waals surface area (Å²) < 4.78 is 28.6. The molecule has 0 aliphatic heterocycles. The molecule has 0 aliphatic carbocycles. The molecule has 0 heterocycles. The molecule has 6 nitrogen and oxygen atoms in total.